The smallest absolute Gasteiger partial charge is 0.248 e. The number of benzene rings is 1. The first-order valence-corrected chi connectivity index (χ1v) is 8.89. The first-order valence-electron chi connectivity index (χ1n) is 8.89. The molecule has 3 rings (SSSR count). The van der Waals surface area contributed by atoms with Gasteiger partial charge in [-0.3, -0.25) is 9.59 Å². The van der Waals surface area contributed by atoms with Gasteiger partial charge in [0.25, 0.3) is 0 Å². The minimum atomic E-state index is -0.174. The van der Waals surface area contributed by atoms with Crippen molar-refractivity contribution in [2.24, 2.45) is 5.92 Å². The molecule has 2 aliphatic rings. The average Bonchev–Trinajstić information content (AvgIpc) is 3.08. The van der Waals surface area contributed by atoms with Crippen molar-refractivity contribution in [1.29, 1.82) is 0 Å². The van der Waals surface area contributed by atoms with Crippen LogP contribution in [0, 0.1) is 5.92 Å². The lowest BCUT2D eigenvalue weighted by Gasteiger charge is -2.35. The van der Waals surface area contributed by atoms with Crippen LogP contribution in [0.1, 0.15) is 11.5 Å². The van der Waals surface area contributed by atoms with Crippen molar-refractivity contribution in [2.45, 2.75) is 5.92 Å². The Kier molecular flexibility index (Phi) is 5.71. The van der Waals surface area contributed by atoms with Crippen molar-refractivity contribution < 1.29 is 14.3 Å². The number of hydrogen-bond acceptors (Lipinski definition) is 4. The van der Waals surface area contributed by atoms with Gasteiger partial charge in [-0.1, -0.05) is 30.3 Å². The number of carbonyl (C=O) groups excluding carboxylic acids is 2. The summed E-state index contributed by atoms with van der Waals surface area (Å²) < 4.78 is 4.99. The van der Waals surface area contributed by atoms with Gasteiger partial charge < -0.3 is 19.4 Å². The fraction of sp³-hybridized carbons (Fsp3) is 0.579. The van der Waals surface area contributed by atoms with Crippen LogP contribution in [0.4, 0.5) is 0 Å². The second kappa shape index (κ2) is 7.97. The SMILES string of the molecule is COCC(=O)N1C[C@H](c2ccccc2)[C@H](C(=O)N2CCN(C)CC2)C1. The summed E-state index contributed by atoms with van der Waals surface area (Å²) in [4.78, 5) is 31.4. The summed E-state index contributed by atoms with van der Waals surface area (Å²) in [5.41, 5.74) is 1.13. The zero-order chi connectivity index (χ0) is 17.8. The molecule has 2 heterocycles. The summed E-state index contributed by atoms with van der Waals surface area (Å²) >= 11 is 0. The number of likely N-dealkylation sites (tertiary alicyclic amines) is 1. The van der Waals surface area contributed by atoms with Gasteiger partial charge in [-0.2, -0.15) is 0 Å². The Morgan fingerprint density at radius 1 is 1.04 bits per heavy atom. The number of nitrogens with zero attached hydrogens (tertiary/aromatic N) is 3. The predicted octanol–water partition coefficient (Wildman–Crippen LogP) is 0.649. The maximum atomic E-state index is 13.2. The number of likely N-dealkylation sites (N-methyl/N-ethyl adjacent to an activating group) is 1. The Morgan fingerprint density at radius 3 is 2.36 bits per heavy atom. The van der Waals surface area contributed by atoms with Crippen molar-refractivity contribution in [3.05, 3.63) is 35.9 Å². The third kappa shape index (κ3) is 4.02. The Labute approximate surface area is 149 Å². The molecule has 1 aromatic rings. The molecule has 2 saturated heterocycles. The molecule has 0 unspecified atom stereocenters. The summed E-state index contributed by atoms with van der Waals surface area (Å²) in [6.07, 6.45) is 0. The van der Waals surface area contributed by atoms with Crippen LogP contribution in [0.25, 0.3) is 0 Å². The molecule has 0 radical (unpaired) electrons. The van der Waals surface area contributed by atoms with Gasteiger partial charge >= 0.3 is 0 Å². The van der Waals surface area contributed by atoms with Crippen LogP contribution in [0.15, 0.2) is 30.3 Å². The number of ether oxygens (including phenoxy) is 1. The summed E-state index contributed by atoms with van der Waals surface area (Å²) in [5, 5.41) is 0. The molecule has 136 valence electrons. The van der Waals surface area contributed by atoms with E-state index in [1.165, 1.54) is 7.11 Å². The maximum Gasteiger partial charge on any atom is 0.248 e. The Hall–Kier alpha value is -1.92. The predicted molar refractivity (Wildman–Crippen MR) is 95.2 cm³/mol. The van der Waals surface area contributed by atoms with Gasteiger partial charge in [-0.05, 0) is 12.6 Å². The highest BCUT2D eigenvalue weighted by atomic mass is 16.5. The van der Waals surface area contributed by atoms with Crippen molar-refractivity contribution >= 4 is 11.8 Å². The highest BCUT2D eigenvalue weighted by Gasteiger charge is 2.42. The highest BCUT2D eigenvalue weighted by Crippen LogP contribution is 2.34. The number of methoxy groups -OCH3 is 1. The van der Waals surface area contributed by atoms with E-state index in [4.69, 9.17) is 4.74 Å². The van der Waals surface area contributed by atoms with E-state index in [-0.39, 0.29) is 30.3 Å². The van der Waals surface area contributed by atoms with Gasteiger partial charge in [0.1, 0.15) is 6.61 Å². The molecule has 1 aromatic carbocycles. The number of piperazine rings is 1. The Morgan fingerprint density at radius 2 is 1.72 bits per heavy atom. The molecule has 0 aromatic heterocycles. The number of carbonyl (C=O) groups is 2. The molecular weight excluding hydrogens is 318 g/mol. The molecule has 2 fully saturated rings. The van der Waals surface area contributed by atoms with Crippen molar-refractivity contribution in [2.75, 3.05) is 60.0 Å². The number of hydrogen-bond donors (Lipinski definition) is 0. The molecule has 2 atom stereocenters. The summed E-state index contributed by atoms with van der Waals surface area (Å²) in [6, 6.07) is 10.1. The lowest BCUT2D eigenvalue weighted by Crippen LogP contribution is -2.50. The van der Waals surface area contributed by atoms with E-state index in [0.29, 0.717) is 13.1 Å². The van der Waals surface area contributed by atoms with E-state index >= 15 is 0 Å². The second-order valence-electron chi connectivity index (χ2n) is 6.98. The number of rotatable bonds is 4. The normalized spacial score (nSPS) is 24.6. The Balaban J connectivity index is 1.78. The molecule has 0 N–H and O–H groups in total. The van der Waals surface area contributed by atoms with Gasteiger partial charge in [0, 0.05) is 52.3 Å². The van der Waals surface area contributed by atoms with E-state index in [2.05, 4.69) is 24.1 Å². The van der Waals surface area contributed by atoms with Crippen molar-refractivity contribution in [1.82, 2.24) is 14.7 Å². The van der Waals surface area contributed by atoms with E-state index in [0.717, 1.165) is 31.7 Å². The first kappa shape index (κ1) is 17.9. The van der Waals surface area contributed by atoms with Gasteiger partial charge in [0.2, 0.25) is 11.8 Å². The van der Waals surface area contributed by atoms with Gasteiger partial charge in [0.15, 0.2) is 0 Å². The van der Waals surface area contributed by atoms with Crippen LogP contribution >= 0.6 is 0 Å². The lowest BCUT2D eigenvalue weighted by molar-refractivity contribution is -0.138. The molecule has 2 aliphatic heterocycles. The topological polar surface area (TPSA) is 53.1 Å². The second-order valence-corrected chi connectivity index (χ2v) is 6.98. The molecule has 0 bridgehead atoms. The quantitative estimate of drug-likeness (QED) is 0.804. The molecule has 0 aliphatic carbocycles. The fourth-order valence-electron chi connectivity index (χ4n) is 3.77. The minimum absolute atomic E-state index is 0.0443. The van der Waals surface area contributed by atoms with Crippen LogP contribution < -0.4 is 0 Å². The third-order valence-electron chi connectivity index (χ3n) is 5.30. The lowest BCUT2D eigenvalue weighted by atomic mass is 9.88. The van der Waals surface area contributed by atoms with Gasteiger partial charge in [0.05, 0.1) is 5.92 Å². The van der Waals surface area contributed by atoms with Gasteiger partial charge in [-0.15, -0.1) is 0 Å². The first-order chi connectivity index (χ1) is 12.1. The third-order valence-corrected chi connectivity index (χ3v) is 5.30. The van der Waals surface area contributed by atoms with Crippen LogP contribution in [0.2, 0.25) is 0 Å². The molecule has 25 heavy (non-hydrogen) atoms. The van der Waals surface area contributed by atoms with Crippen molar-refractivity contribution in [3.63, 3.8) is 0 Å². The molecule has 6 nitrogen and oxygen atoms in total. The fourth-order valence-corrected chi connectivity index (χ4v) is 3.77. The van der Waals surface area contributed by atoms with E-state index < -0.39 is 0 Å². The molecule has 6 heteroatoms. The summed E-state index contributed by atoms with van der Waals surface area (Å²) in [7, 11) is 3.60. The van der Waals surface area contributed by atoms with E-state index in [1.807, 2.05) is 23.1 Å². The number of amides is 2. The Bertz CT molecular complexity index is 599. The van der Waals surface area contributed by atoms with Gasteiger partial charge in [-0.25, -0.2) is 0 Å². The molecule has 2 amide bonds. The maximum absolute atomic E-state index is 13.2. The minimum Gasteiger partial charge on any atom is -0.375 e. The zero-order valence-corrected chi connectivity index (χ0v) is 15.1. The zero-order valence-electron chi connectivity index (χ0n) is 15.1. The van der Waals surface area contributed by atoms with Crippen LogP contribution in [0.3, 0.4) is 0 Å². The average molecular weight is 345 g/mol. The standard InChI is InChI=1S/C19H27N3O3/c1-20-8-10-21(11-9-20)19(24)17-13-22(18(23)14-25-2)12-16(17)15-6-4-3-5-7-15/h3-7,16-17H,8-14H2,1-2H3/t16-,17-/m1/s1. The largest absolute Gasteiger partial charge is 0.375 e. The van der Waals surface area contributed by atoms with E-state index in [1.54, 1.807) is 4.90 Å². The molecule has 0 spiro atoms. The summed E-state index contributed by atoms with van der Waals surface area (Å²) in [6.45, 7) is 4.46. The molecule has 0 saturated carbocycles. The van der Waals surface area contributed by atoms with Crippen LogP contribution in [-0.4, -0.2) is 86.5 Å². The molecular formula is C19H27N3O3. The van der Waals surface area contributed by atoms with Crippen LogP contribution in [-0.2, 0) is 14.3 Å². The monoisotopic (exact) mass is 345 g/mol. The van der Waals surface area contributed by atoms with Crippen LogP contribution in [0.5, 0.6) is 0 Å². The van der Waals surface area contributed by atoms with Crippen molar-refractivity contribution in [3.8, 4) is 0 Å². The summed E-state index contributed by atoms with van der Waals surface area (Å²) in [5.74, 6) is 0.00699. The van der Waals surface area contributed by atoms with E-state index in [9.17, 15) is 9.59 Å². The highest BCUT2D eigenvalue weighted by molar-refractivity contribution is 5.84.